The van der Waals surface area contributed by atoms with Gasteiger partial charge in [0.25, 0.3) is 0 Å². The lowest BCUT2D eigenvalue weighted by molar-refractivity contribution is -0.121. The molecule has 10 nitrogen and oxygen atoms in total. The first-order valence-corrected chi connectivity index (χ1v) is 15.2. The van der Waals surface area contributed by atoms with E-state index in [9.17, 15) is 9.59 Å². The van der Waals surface area contributed by atoms with E-state index >= 15 is 0 Å². The first-order valence-electron chi connectivity index (χ1n) is 15.2. The second kappa shape index (κ2) is 12.6. The molecule has 2 aliphatic rings. The number of aromatic amines is 2. The number of carbonyl (C=O) groups is 2. The molecule has 0 spiro atoms. The van der Waals surface area contributed by atoms with Crippen molar-refractivity contribution in [3.05, 3.63) is 69.3 Å². The lowest BCUT2D eigenvalue weighted by atomic mass is 10.00. The van der Waals surface area contributed by atoms with Crippen molar-refractivity contribution in [3.8, 4) is 0 Å². The Morgan fingerprint density at radius 1 is 0.636 bits per heavy atom. The smallest absolute Gasteiger partial charge is 0.234 e. The highest BCUT2D eigenvalue weighted by Gasteiger charge is 2.21. The van der Waals surface area contributed by atoms with Crippen LogP contribution in [0.2, 0.25) is 0 Å². The average Bonchev–Trinajstić information content (AvgIpc) is 3.67. The Morgan fingerprint density at radius 3 is 1.61 bits per heavy atom. The number of aromatic nitrogens is 4. The number of hydrogen-bond acceptors (Lipinski definition) is 6. The molecule has 10 heteroatoms. The first-order chi connectivity index (χ1) is 21.1. The molecular weight excluding hydrogens is 552 g/mol. The van der Waals surface area contributed by atoms with Gasteiger partial charge in [-0.2, -0.15) is 0 Å². The molecular formula is C34H42N8O2. The number of nitrogens with zero attached hydrogens (tertiary/aromatic N) is 2. The van der Waals surface area contributed by atoms with Crippen molar-refractivity contribution in [2.45, 2.75) is 80.1 Å². The number of allylic oxidation sites excluding steroid dienone is 4. The number of aryl methyl sites for hydroxylation is 4. The molecule has 2 amide bonds. The highest BCUT2D eigenvalue weighted by molar-refractivity contribution is 5.95. The summed E-state index contributed by atoms with van der Waals surface area (Å²) in [5, 5.41) is 0. The van der Waals surface area contributed by atoms with Crippen LogP contribution in [0.25, 0.3) is 44.4 Å². The molecule has 3 aromatic rings. The Bertz CT molecular complexity index is 1890. The van der Waals surface area contributed by atoms with Gasteiger partial charge in [0.05, 0.1) is 22.8 Å². The maximum atomic E-state index is 12.2. The molecule has 0 aliphatic carbocycles. The molecule has 0 aromatic carbocycles. The second-order valence-corrected chi connectivity index (χ2v) is 11.5. The Balaban J connectivity index is 1.89. The van der Waals surface area contributed by atoms with Crippen molar-refractivity contribution in [1.29, 1.82) is 0 Å². The van der Waals surface area contributed by atoms with Crippen LogP contribution < -0.4 is 22.5 Å². The number of H-pyrrole nitrogens is 2. The molecule has 3 aromatic heterocycles. The summed E-state index contributed by atoms with van der Waals surface area (Å²) in [5.41, 5.74) is 20.6. The van der Waals surface area contributed by atoms with E-state index in [0.717, 1.165) is 85.5 Å². The highest BCUT2D eigenvalue weighted by atomic mass is 16.2. The topological polar surface area (TPSA) is 168 Å². The van der Waals surface area contributed by atoms with Crippen LogP contribution in [0.3, 0.4) is 0 Å². The molecule has 8 bridgehead atoms. The van der Waals surface area contributed by atoms with Crippen molar-refractivity contribution < 1.29 is 9.59 Å². The van der Waals surface area contributed by atoms with Crippen molar-refractivity contribution >= 4 is 56.2 Å². The molecule has 0 atom stereocenters. The molecule has 0 saturated carbocycles. The van der Waals surface area contributed by atoms with E-state index in [1.807, 2.05) is 13.0 Å². The SMILES string of the molecule is CCC1=C(C)c2cc3[nH]c(cc4nc(cc5[nH]c(cc1n2)c(CC)c5C)C(C)=C4CCC(=O)NN)c(CCC(=O)NN)c3C. The zero-order valence-electron chi connectivity index (χ0n) is 26.4. The third kappa shape index (κ3) is 5.70. The molecule has 0 saturated heterocycles. The predicted molar refractivity (Wildman–Crippen MR) is 177 cm³/mol. The Morgan fingerprint density at radius 2 is 1.09 bits per heavy atom. The van der Waals surface area contributed by atoms with Crippen LogP contribution >= 0.6 is 0 Å². The first kappa shape index (κ1) is 30.9. The standard InChI is InChI=1S/C34H42N8O2/c1-7-21-17(3)25-13-27-19(5)23(9-11-33(43)41-35)31(39-27)16-32-24(10-12-34(44)42-36)20(6)28(40-32)14-26-18(4)22(8-2)30(38-26)15-29(21)37-25/h13-16,37,40H,7-12,35-36H2,1-6H3,(H,41,43)(H,42,44). The maximum Gasteiger partial charge on any atom is 0.234 e. The summed E-state index contributed by atoms with van der Waals surface area (Å²) in [4.78, 5) is 41.8. The van der Waals surface area contributed by atoms with Gasteiger partial charge in [0.1, 0.15) is 0 Å². The Kier molecular flexibility index (Phi) is 8.85. The molecule has 2 aliphatic heterocycles. The predicted octanol–water partition coefficient (Wildman–Crippen LogP) is 5.46. The number of nitrogens with two attached hydrogens (primary N) is 2. The molecule has 5 rings (SSSR count). The van der Waals surface area contributed by atoms with Gasteiger partial charge in [0, 0.05) is 34.9 Å². The van der Waals surface area contributed by atoms with Crippen molar-refractivity contribution in [2.24, 2.45) is 11.7 Å². The van der Waals surface area contributed by atoms with Gasteiger partial charge in [0.15, 0.2) is 0 Å². The summed E-state index contributed by atoms with van der Waals surface area (Å²) >= 11 is 0. The van der Waals surface area contributed by atoms with E-state index in [4.69, 9.17) is 21.7 Å². The van der Waals surface area contributed by atoms with E-state index in [1.165, 1.54) is 16.7 Å². The number of hydrogen-bond donors (Lipinski definition) is 6. The summed E-state index contributed by atoms with van der Waals surface area (Å²) in [6.07, 6.45) is 3.19. The highest BCUT2D eigenvalue weighted by Crippen LogP contribution is 2.36. The minimum absolute atomic E-state index is 0.235. The molecule has 0 radical (unpaired) electrons. The monoisotopic (exact) mass is 594 g/mol. The molecule has 230 valence electrons. The molecule has 44 heavy (non-hydrogen) atoms. The second-order valence-electron chi connectivity index (χ2n) is 11.5. The largest absolute Gasteiger partial charge is 0.355 e. The minimum atomic E-state index is -0.238. The van der Waals surface area contributed by atoms with E-state index in [1.54, 1.807) is 0 Å². The van der Waals surface area contributed by atoms with Gasteiger partial charge >= 0.3 is 0 Å². The summed E-state index contributed by atoms with van der Waals surface area (Å²) in [6, 6.07) is 8.39. The summed E-state index contributed by atoms with van der Waals surface area (Å²) in [7, 11) is 0. The van der Waals surface area contributed by atoms with Crippen LogP contribution in [0, 0.1) is 13.8 Å². The zero-order valence-corrected chi connectivity index (χ0v) is 26.4. The van der Waals surface area contributed by atoms with E-state index in [0.29, 0.717) is 12.8 Å². The van der Waals surface area contributed by atoms with Gasteiger partial charge in [-0.3, -0.25) is 20.4 Å². The number of fused-ring (bicyclic) bond motifs is 8. The van der Waals surface area contributed by atoms with Gasteiger partial charge < -0.3 is 9.97 Å². The van der Waals surface area contributed by atoms with Crippen LogP contribution in [0.1, 0.15) is 98.4 Å². The maximum absolute atomic E-state index is 12.2. The van der Waals surface area contributed by atoms with Crippen molar-refractivity contribution in [1.82, 2.24) is 30.8 Å². The fraction of sp³-hybridized carbons (Fsp3) is 0.353. The Hall–Kier alpha value is -4.54. The third-order valence-electron chi connectivity index (χ3n) is 9.03. The quantitative estimate of drug-likeness (QED) is 0.115. The van der Waals surface area contributed by atoms with Crippen LogP contribution in [0.4, 0.5) is 0 Å². The normalized spacial score (nSPS) is 13.1. The molecule has 0 fully saturated rings. The number of nitrogens with one attached hydrogen (secondary N) is 4. The van der Waals surface area contributed by atoms with Gasteiger partial charge in [-0.05, 0) is 122 Å². The molecule has 5 heterocycles. The van der Waals surface area contributed by atoms with E-state index in [2.05, 4.69) is 73.6 Å². The number of hydrazine groups is 2. The van der Waals surface area contributed by atoms with Crippen molar-refractivity contribution in [3.63, 3.8) is 0 Å². The van der Waals surface area contributed by atoms with Crippen LogP contribution in [-0.4, -0.2) is 31.8 Å². The summed E-state index contributed by atoms with van der Waals surface area (Å²) in [5.74, 6) is 10.3. The number of rotatable bonds is 8. The number of carbonyl (C=O) groups excluding carboxylic acids is 2. The van der Waals surface area contributed by atoms with Gasteiger partial charge in [-0.1, -0.05) is 13.8 Å². The van der Waals surface area contributed by atoms with Gasteiger partial charge in [-0.25, -0.2) is 21.7 Å². The van der Waals surface area contributed by atoms with Crippen LogP contribution in [-0.2, 0) is 22.4 Å². The third-order valence-corrected chi connectivity index (χ3v) is 9.03. The molecule has 0 unspecified atom stereocenters. The van der Waals surface area contributed by atoms with E-state index in [-0.39, 0.29) is 24.7 Å². The Labute approximate surface area is 257 Å². The fourth-order valence-electron chi connectivity index (χ4n) is 6.38. The molecule has 8 N–H and O–H groups in total. The average molecular weight is 595 g/mol. The zero-order chi connectivity index (χ0) is 31.7. The number of amides is 2. The van der Waals surface area contributed by atoms with Crippen molar-refractivity contribution in [2.75, 3.05) is 0 Å². The van der Waals surface area contributed by atoms with Crippen LogP contribution in [0.15, 0.2) is 24.3 Å². The minimum Gasteiger partial charge on any atom is -0.355 e. The lowest BCUT2D eigenvalue weighted by Crippen LogP contribution is -2.30. The lowest BCUT2D eigenvalue weighted by Gasteiger charge is -2.05. The van der Waals surface area contributed by atoms with Gasteiger partial charge in [-0.15, -0.1) is 0 Å². The van der Waals surface area contributed by atoms with E-state index < -0.39 is 0 Å². The summed E-state index contributed by atoms with van der Waals surface area (Å²) < 4.78 is 0. The van der Waals surface area contributed by atoms with Gasteiger partial charge in [0.2, 0.25) is 11.8 Å². The fourth-order valence-corrected chi connectivity index (χ4v) is 6.38. The summed E-state index contributed by atoms with van der Waals surface area (Å²) in [6.45, 7) is 12.7. The van der Waals surface area contributed by atoms with Crippen LogP contribution in [0.5, 0.6) is 0 Å².